The predicted molar refractivity (Wildman–Crippen MR) is 93.0 cm³/mol. The highest BCUT2D eigenvalue weighted by atomic mass is 16.5. The summed E-state index contributed by atoms with van der Waals surface area (Å²) in [4.78, 5) is 11.8. The Bertz CT molecular complexity index is 662. The standard InChI is InChI=1S/C19H23NO4/c1-3-4-11-24-17-9-7-15(13-18(17)22-2)8-10-19(21)20-14-16-6-5-12-23-16/h5-10,12-13H,3-4,11,14H2,1-2H3,(H,20,21). The van der Waals surface area contributed by atoms with Crippen LogP contribution >= 0.6 is 0 Å². The van der Waals surface area contributed by atoms with Crippen molar-refractivity contribution >= 4 is 12.0 Å². The van der Waals surface area contributed by atoms with Crippen LogP contribution in [0.5, 0.6) is 11.5 Å². The quantitative estimate of drug-likeness (QED) is 0.561. The molecule has 0 fully saturated rings. The minimum atomic E-state index is -0.186. The molecule has 0 atom stereocenters. The Morgan fingerprint density at radius 3 is 2.88 bits per heavy atom. The molecule has 24 heavy (non-hydrogen) atoms. The number of benzene rings is 1. The van der Waals surface area contributed by atoms with Crippen LogP contribution in [0.25, 0.3) is 6.08 Å². The van der Waals surface area contributed by atoms with Crippen molar-refractivity contribution in [3.63, 3.8) is 0 Å². The summed E-state index contributed by atoms with van der Waals surface area (Å²) in [6.45, 7) is 3.15. The Balaban J connectivity index is 1.92. The topological polar surface area (TPSA) is 60.7 Å². The molecule has 0 saturated carbocycles. The van der Waals surface area contributed by atoms with Crippen LogP contribution in [0.2, 0.25) is 0 Å². The van der Waals surface area contributed by atoms with E-state index in [4.69, 9.17) is 13.9 Å². The lowest BCUT2D eigenvalue weighted by atomic mass is 10.2. The predicted octanol–water partition coefficient (Wildman–Crippen LogP) is 3.80. The normalized spacial score (nSPS) is 10.8. The summed E-state index contributed by atoms with van der Waals surface area (Å²) in [7, 11) is 1.60. The van der Waals surface area contributed by atoms with Crippen LogP contribution < -0.4 is 14.8 Å². The van der Waals surface area contributed by atoms with Crippen molar-refractivity contribution in [3.05, 3.63) is 54.0 Å². The Morgan fingerprint density at radius 2 is 2.17 bits per heavy atom. The molecular formula is C19H23NO4. The smallest absolute Gasteiger partial charge is 0.244 e. The molecule has 0 bridgehead atoms. The monoisotopic (exact) mass is 329 g/mol. The molecule has 1 aromatic carbocycles. The van der Waals surface area contributed by atoms with Gasteiger partial charge in [0.1, 0.15) is 5.76 Å². The summed E-state index contributed by atoms with van der Waals surface area (Å²) in [5.41, 5.74) is 0.864. The van der Waals surface area contributed by atoms with Crippen LogP contribution in [0.4, 0.5) is 0 Å². The molecule has 0 radical (unpaired) electrons. The molecule has 1 amide bonds. The number of rotatable bonds is 9. The second kappa shape index (κ2) is 9.45. The number of furan rings is 1. The van der Waals surface area contributed by atoms with Gasteiger partial charge in [-0.15, -0.1) is 0 Å². The summed E-state index contributed by atoms with van der Waals surface area (Å²) in [5, 5.41) is 2.75. The van der Waals surface area contributed by atoms with Crippen molar-refractivity contribution < 1.29 is 18.7 Å². The molecule has 0 saturated heterocycles. The molecular weight excluding hydrogens is 306 g/mol. The molecule has 0 unspecified atom stereocenters. The fourth-order valence-corrected chi connectivity index (χ4v) is 2.05. The van der Waals surface area contributed by atoms with Gasteiger partial charge in [0.15, 0.2) is 11.5 Å². The van der Waals surface area contributed by atoms with E-state index < -0.39 is 0 Å². The number of methoxy groups -OCH3 is 1. The van der Waals surface area contributed by atoms with E-state index in [1.165, 1.54) is 6.08 Å². The van der Waals surface area contributed by atoms with Crippen molar-refractivity contribution in [1.82, 2.24) is 5.32 Å². The van der Waals surface area contributed by atoms with Gasteiger partial charge in [-0.05, 0) is 42.3 Å². The summed E-state index contributed by atoms with van der Waals surface area (Å²) in [6, 6.07) is 9.19. The average Bonchev–Trinajstić information content (AvgIpc) is 3.12. The van der Waals surface area contributed by atoms with E-state index in [-0.39, 0.29) is 5.91 Å². The number of amides is 1. The number of nitrogens with one attached hydrogen (secondary N) is 1. The Hall–Kier alpha value is -2.69. The molecule has 1 N–H and O–H groups in total. The maximum absolute atomic E-state index is 11.8. The van der Waals surface area contributed by atoms with E-state index in [0.29, 0.717) is 30.4 Å². The van der Waals surface area contributed by atoms with Crippen molar-refractivity contribution in [3.8, 4) is 11.5 Å². The zero-order valence-electron chi connectivity index (χ0n) is 14.1. The van der Waals surface area contributed by atoms with Gasteiger partial charge >= 0.3 is 0 Å². The summed E-state index contributed by atoms with van der Waals surface area (Å²) in [5.74, 6) is 1.90. The maximum atomic E-state index is 11.8. The van der Waals surface area contributed by atoms with Crippen LogP contribution in [0.15, 0.2) is 47.1 Å². The zero-order valence-corrected chi connectivity index (χ0v) is 14.1. The number of hydrogen-bond donors (Lipinski definition) is 1. The number of carbonyl (C=O) groups excluding carboxylic acids is 1. The average molecular weight is 329 g/mol. The Labute approximate surface area is 142 Å². The molecule has 2 aromatic rings. The number of carbonyl (C=O) groups is 1. The van der Waals surface area contributed by atoms with Crippen molar-refractivity contribution in [1.29, 1.82) is 0 Å². The second-order valence-electron chi connectivity index (χ2n) is 5.24. The lowest BCUT2D eigenvalue weighted by molar-refractivity contribution is -0.116. The Morgan fingerprint density at radius 1 is 1.29 bits per heavy atom. The van der Waals surface area contributed by atoms with E-state index in [1.807, 2.05) is 24.3 Å². The molecule has 1 aromatic heterocycles. The molecule has 2 rings (SSSR count). The molecule has 128 valence electrons. The first-order chi connectivity index (χ1) is 11.7. The van der Waals surface area contributed by atoms with Crippen molar-refractivity contribution in [2.45, 2.75) is 26.3 Å². The van der Waals surface area contributed by atoms with E-state index >= 15 is 0 Å². The van der Waals surface area contributed by atoms with Crippen LogP contribution in [-0.2, 0) is 11.3 Å². The summed E-state index contributed by atoms with van der Waals surface area (Å²) in [6.07, 6.45) is 6.87. The molecule has 5 nitrogen and oxygen atoms in total. The van der Waals surface area contributed by atoms with E-state index in [1.54, 1.807) is 25.5 Å². The molecule has 0 aliphatic carbocycles. The van der Waals surface area contributed by atoms with Crippen LogP contribution in [0, 0.1) is 0 Å². The third-order valence-corrected chi connectivity index (χ3v) is 3.39. The van der Waals surface area contributed by atoms with Gasteiger partial charge in [-0.25, -0.2) is 0 Å². The van der Waals surface area contributed by atoms with E-state index in [9.17, 15) is 4.79 Å². The molecule has 1 heterocycles. The van der Waals surface area contributed by atoms with Gasteiger partial charge in [-0.1, -0.05) is 19.4 Å². The first-order valence-corrected chi connectivity index (χ1v) is 8.02. The van der Waals surface area contributed by atoms with Crippen LogP contribution in [0.1, 0.15) is 31.1 Å². The molecule has 0 aliphatic rings. The van der Waals surface area contributed by atoms with Crippen molar-refractivity contribution in [2.24, 2.45) is 0 Å². The van der Waals surface area contributed by atoms with Crippen LogP contribution in [0.3, 0.4) is 0 Å². The molecule has 0 aliphatic heterocycles. The molecule has 5 heteroatoms. The molecule has 0 spiro atoms. The second-order valence-corrected chi connectivity index (χ2v) is 5.24. The third-order valence-electron chi connectivity index (χ3n) is 3.39. The van der Waals surface area contributed by atoms with Gasteiger partial charge in [0.25, 0.3) is 0 Å². The highest BCUT2D eigenvalue weighted by Gasteiger charge is 2.05. The van der Waals surface area contributed by atoms with Crippen molar-refractivity contribution in [2.75, 3.05) is 13.7 Å². The fourth-order valence-electron chi connectivity index (χ4n) is 2.05. The van der Waals surface area contributed by atoms with E-state index in [2.05, 4.69) is 12.2 Å². The highest BCUT2D eigenvalue weighted by molar-refractivity contribution is 5.91. The minimum Gasteiger partial charge on any atom is -0.493 e. The number of ether oxygens (including phenoxy) is 2. The Kier molecular flexibility index (Phi) is 6.95. The lowest BCUT2D eigenvalue weighted by Gasteiger charge is -2.10. The van der Waals surface area contributed by atoms with Gasteiger partial charge in [0, 0.05) is 6.08 Å². The van der Waals surface area contributed by atoms with E-state index in [0.717, 1.165) is 18.4 Å². The summed E-state index contributed by atoms with van der Waals surface area (Å²) >= 11 is 0. The SMILES string of the molecule is CCCCOc1ccc(C=CC(=O)NCc2ccco2)cc1OC. The third kappa shape index (κ3) is 5.50. The first kappa shape index (κ1) is 17.7. The summed E-state index contributed by atoms with van der Waals surface area (Å²) < 4.78 is 16.2. The number of unbranched alkanes of at least 4 members (excludes halogenated alkanes) is 1. The highest BCUT2D eigenvalue weighted by Crippen LogP contribution is 2.28. The van der Waals surface area contributed by atoms with Gasteiger partial charge in [-0.3, -0.25) is 4.79 Å². The number of hydrogen-bond acceptors (Lipinski definition) is 4. The lowest BCUT2D eigenvalue weighted by Crippen LogP contribution is -2.19. The zero-order chi connectivity index (χ0) is 17.2. The van der Waals surface area contributed by atoms with Gasteiger partial charge in [0.05, 0.1) is 26.5 Å². The van der Waals surface area contributed by atoms with Gasteiger partial charge < -0.3 is 19.2 Å². The maximum Gasteiger partial charge on any atom is 0.244 e. The largest absolute Gasteiger partial charge is 0.493 e. The van der Waals surface area contributed by atoms with Crippen LogP contribution in [-0.4, -0.2) is 19.6 Å². The minimum absolute atomic E-state index is 0.186. The van der Waals surface area contributed by atoms with Gasteiger partial charge in [0.2, 0.25) is 5.91 Å². The van der Waals surface area contributed by atoms with Gasteiger partial charge in [-0.2, -0.15) is 0 Å². The fraction of sp³-hybridized carbons (Fsp3) is 0.316. The first-order valence-electron chi connectivity index (χ1n) is 8.02.